The Balaban J connectivity index is 2.00. The SMILES string of the molecule is CCN(CC(=O)Nc1cccc(OC)c1)C(=O)c1ccc(Br)o1. The monoisotopic (exact) mass is 380 g/mol. The third-order valence-corrected chi connectivity index (χ3v) is 3.57. The Labute approximate surface area is 142 Å². The van der Waals surface area contributed by atoms with Crippen molar-refractivity contribution >= 4 is 33.4 Å². The molecule has 0 saturated carbocycles. The second-order valence-corrected chi connectivity index (χ2v) is 5.48. The third-order valence-electron chi connectivity index (χ3n) is 3.14. The fourth-order valence-electron chi connectivity index (χ4n) is 1.99. The molecule has 6 nitrogen and oxygen atoms in total. The number of amides is 2. The topological polar surface area (TPSA) is 71.8 Å². The lowest BCUT2D eigenvalue weighted by atomic mass is 10.3. The summed E-state index contributed by atoms with van der Waals surface area (Å²) in [5.74, 6) is 0.206. The van der Waals surface area contributed by atoms with Gasteiger partial charge in [-0.3, -0.25) is 9.59 Å². The molecule has 23 heavy (non-hydrogen) atoms. The van der Waals surface area contributed by atoms with Gasteiger partial charge in [-0.2, -0.15) is 0 Å². The molecule has 2 amide bonds. The van der Waals surface area contributed by atoms with Gasteiger partial charge in [-0.1, -0.05) is 6.07 Å². The van der Waals surface area contributed by atoms with E-state index >= 15 is 0 Å². The number of halogens is 1. The van der Waals surface area contributed by atoms with Crippen molar-refractivity contribution in [3.8, 4) is 5.75 Å². The van der Waals surface area contributed by atoms with Crippen LogP contribution in [-0.2, 0) is 4.79 Å². The minimum absolute atomic E-state index is 0.0646. The molecule has 2 rings (SSSR count). The van der Waals surface area contributed by atoms with Crippen LogP contribution in [0.3, 0.4) is 0 Å². The average Bonchev–Trinajstić information content (AvgIpc) is 2.98. The highest BCUT2D eigenvalue weighted by Crippen LogP contribution is 2.17. The zero-order valence-corrected chi connectivity index (χ0v) is 14.4. The molecule has 0 bridgehead atoms. The molecule has 1 N–H and O–H groups in total. The van der Waals surface area contributed by atoms with Gasteiger partial charge in [-0.25, -0.2) is 0 Å². The molecule has 0 atom stereocenters. The standard InChI is InChI=1S/C16H17BrN2O4/c1-3-19(16(21)13-7-8-14(17)23-13)10-15(20)18-11-5-4-6-12(9-11)22-2/h4-9H,3,10H2,1-2H3,(H,18,20). The van der Waals surface area contributed by atoms with E-state index in [2.05, 4.69) is 21.2 Å². The van der Waals surface area contributed by atoms with E-state index in [4.69, 9.17) is 9.15 Å². The first kappa shape index (κ1) is 17.1. The van der Waals surface area contributed by atoms with Crippen LogP contribution in [0.2, 0.25) is 0 Å². The van der Waals surface area contributed by atoms with Gasteiger partial charge in [0.2, 0.25) is 5.91 Å². The summed E-state index contributed by atoms with van der Waals surface area (Å²) in [4.78, 5) is 25.8. The van der Waals surface area contributed by atoms with Gasteiger partial charge in [0.15, 0.2) is 10.4 Å². The molecule has 0 saturated heterocycles. The first-order chi connectivity index (χ1) is 11.0. The number of benzene rings is 1. The van der Waals surface area contributed by atoms with Crippen LogP contribution >= 0.6 is 15.9 Å². The Bertz CT molecular complexity index is 699. The largest absolute Gasteiger partial charge is 0.497 e. The second-order valence-electron chi connectivity index (χ2n) is 4.70. The molecule has 0 aliphatic carbocycles. The number of likely N-dealkylation sites (N-methyl/N-ethyl adjacent to an activating group) is 1. The molecule has 7 heteroatoms. The van der Waals surface area contributed by atoms with Gasteiger partial charge < -0.3 is 19.4 Å². The highest BCUT2D eigenvalue weighted by atomic mass is 79.9. The van der Waals surface area contributed by atoms with E-state index in [1.54, 1.807) is 50.4 Å². The number of furan rings is 1. The molecule has 0 radical (unpaired) electrons. The van der Waals surface area contributed by atoms with Crippen molar-refractivity contribution < 1.29 is 18.7 Å². The van der Waals surface area contributed by atoms with Gasteiger partial charge in [0.05, 0.1) is 7.11 Å². The molecule has 0 fully saturated rings. The lowest BCUT2D eigenvalue weighted by Crippen LogP contribution is -2.37. The van der Waals surface area contributed by atoms with Crippen LogP contribution < -0.4 is 10.1 Å². The second kappa shape index (κ2) is 7.82. The Morgan fingerprint density at radius 1 is 1.30 bits per heavy atom. The summed E-state index contributed by atoms with van der Waals surface area (Å²) in [6, 6.07) is 10.2. The van der Waals surface area contributed by atoms with Crippen LogP contribution in [0.1, 0.15) is 17.5 Å². The third kappa shape index (κ3) is 4.59. The van der Waals surface area contributed by atoms with Gasteiger partial charge in [0.1, 0.15) is 12.3 Å². The fourth-order valence-corrected chi connectivity index (χ4v) is 2.29. The first-order valence-corrected chi connectivity index (χ1v) is 7.81. The number of hydrogen-bond donors (Lipinski definition) is 1. The highest BCUT2D eigenvalue weighted by Gasteiger charge is 2.20. The van der Waals surface area contributed by atoms with Gasteiger partial charge >= 0.3 is 0 Å². The van der Waals surface area contributed by atoms with Crippen molar-refractivity contribution in [2.75, 3.05) is 25.5 Å². The number of hydrogen-bond acceptors (Lipinski definition) is 4. The number of methoxy groups -OCH3 is 1. The van der Waals surface area contributed by atoms with Crippen LogP contribution in [0.25, 0.3) is 0 Å². The normalized spacial score (nSPS) is 10.2. The van der Waals surface area contributed by atoms with E-state index in [0.29, 0.717) is 22.7 Å². The number of nitrogens with zero attached hydrogens (tertiary/aromatic N) is 1. The van der Waals surface area contributed by atoms with Crippen molar-refractivity contribution in [1.82, 2.24) is 4.90 Å². The summed E-state index contributed by atoms with van der Waals surface area (Å²) in [7, 11) is 1.56. The van der Waals surface area contributed by atoms with E-state index < -0.39 is 0 Å². The van der Waals surface area contributed by atoms with Crippen molar-refractivity contribution in [1.29, 1.82) is 0 Å². The summed E-state index contributed by atoms with van der Waals surface area (Å²) in [5, 5.41) is 2.74. The molecular weight excluding hydrogens is 364 g/mol. The Kier molecular flexibility index (Phi) is 5.81. The number of ether oxygens (including phenoxy) is 1. The average molecular weight is 381 g/mol. The molecule has 1 aromatic carbocycles. The lowest BCUT2D eigenvalue weighted by Gasteiger charge is -2.19. The van der Waals surface area contributed by atoms with E-state index in [1.165, 1.54) is 4.90 Å². The van der Waals surface area contributed by atoms with Gasteiger partial charge in [-0.15, -0.1) is 0 Å². The minimum atomic E-state index is -0.334. The Morgan fingerprint density at radius 2 is 2.09 bits per heavy atom. The number of rotatable bonds is 6. The quantitative estimate of drug-likeness (QED) is 0.835. The summed E-state index contributed by atoms with van der Waals surface area (Å²) in [5.41, 5.74) is 0.610. The van der Waals surface area contributed by atoms with Gasteiger partial charge in [-0.05, 0) is 47.1 Å². The number of carbonyl (C=O) groups is 2. The number of nitrogens with one attached hydrogen (secondary N) is 1. The van der Waals surface area contributed by atoms with Crippen LogP contribution in [-0.4, -0.2) is 36.9 Å². The van der Waals surface area contributed by atoms with Crippen LogP contribution in [0.15, 0.2) is 45.5 Å². The van der Waals surface area contributed by atoms with E-state index in [1.807, 2.05) is 0 Å². The molecule has 1 heterocycles. The maximum absolute atomic E-state index is 12.3. The molecule has 0 aliphatic heterocycles. The van der Waals surface area contributed by atoms with Crippen molar-refractivity contribution in [2.24, 2.45) is 0 Å². The number of carbonyl (C=O) groups excluding carboxylic acids is 2. The van der Waals surface area contributed by atoms with Crippen LogP contribution in [0.5, 0.6) is 5.75 Å². The molecule has 0 aliphatic rings. The molecule has 2 aromatic rings. The van der Waals surface area contributed by atoms with Crippen molar-refractivity contribution in [3.05, 3.63) is 46.8 Å². The van der Waals surface area contributed by atoms with E-state index in [9.17, 15) is 9.59 Å². The summed E-state index contributed by atoms with van der Waals surface area (Å²) in [6.45, 7) is 2.13. The zero-order valence-electron chi connectivity index (χ0n) is 12.8. The summed E-state index contributed by atoms with van der Waals surface area (Å²) >= 11 is 3.15. The zero-order chi connectivity index (χ0) is 16.8. The van der Waals surface area contributed by atoms with E-state index in [-0.39, 0.29) is 24.1 Å². The Hall–Kier alpha value is -2.28. The van der Waals surface area contributed by atoms with Crippen LogP contribution in [0.4, 0.5) is 5.69 Å². The first-order valence-electron chi connectivity index (χ1n) is 7.02. The van der Waals surface area contributed by atoms with E-state index in [0.717, 1.165) is 0 Å². The van der Waals surface area contributed by atoms with Crippen LogP contribution in [0, 0.1) is 0 Å². The Morgan fingerprint density at radius 3 is 2.70 bits per heavy atom. The molecular formula is C16H17BrN2O4. The maximum atomic E-state index is 12.3. The predicted octanol–water partition coefficient (Wildman–Crippen LogP) is 3.15. The molecule has 1 aromatic heterocycles. The maximum Gasteiger partial charge on any atom is 0.290 e. The van der Waals surface area contributed by atoms with Crippen molar-refractivity contribution in [3.63, 3.8) is 0 Å². The lowest BCUT2D eigenvalue weighted by molar-refractivity contribution is -0.116. The number of anilines is 1. The predicted molar refractivity (Wildman–Crippen MR) is 89.6 cm³/mol. The molecule has 0 unspecified atom stereocenters. The fraction of sp³-hybridized carbons (Fsp3) is 0.250. The highest BCUT2D eigenvalue weighted by molar-refractivity contribution is 9.10. The van der Waals surface area contributed by atoms with Gasteiger partial charge in [0, 0.05) is 18.3 Å². The summed E-state index contributed by atoms with van der Waals surface area (Å²) in [6.07, 6.45) is 0. The smallest absolute Gasteiger partial charge is 0.290 e. The summed E-state index contributed by atoms with van der Waals surface area (Å²) < 4.78 is 10.8. The van der Waals surface area contributed by atoms with Gasteiger partial charge in [0.25, 0.3) is 5.91 Å². The van der Waals surface area contributed by atoms with Crippen molar-refractivity contribution in [2.45, 2.75) is 6.92 Å². The molecule has 0 spiro atoms. The molecule has 122 valence electrons. The minimum Gasteiger partial charge on any atom is -0.497 e.